The topological polar surface area (TPSA) is 21.3 Å². The first kappa shape index (κ1) is 11.7. The van der Waals surface area contributed by atoms with Crippen LogP contribution in [0.4, 0.5) is 5.69 Å². The summed E-state index contributed by atoms with van der Waals surface area (Å²) in [4.78, 5) is 0. The predicted molar refractivity (Wildman–Crippen MR) is 74.8 cm³/mol. The van der Waals surface area contributed by atoms with Gasteiger partial charge in [0.05, 0.1) is 12.2 Å². The number of nitrogens with one attached hydrogen (secondary N) is 1. The van der Waals surface area contributed by atoms with Crippen LogP contribution in [0.1, 0.15) is 11.7 Å². The van der Waals surface area contributed by atoms with Gasteiger partial charge in [-0.2, -0.15) is 0 Å². The molecular formula is C14H11Cl2NO. The van der Waals surface area contributed by atoms with Crippen molar-refractivity contribution in [2.75, 3.05) is 11.9 Å². The molecule has 0 radical (unpaired) electrons. The first-order chi connectivity index (χ1) is 8.72. The largest absolute Gasteiger partial charge is 0.482 e. The summed E-state index contributed by atoms with van der Waals surface area (Å²) in [5.41, 5.74) is 2.04. The molecule has 0 aliphatic carbocycles. The van der Waals surface area contributed by atoms with Gasteiger partial charge >= 0.3 is 0 Å². The van der Waals surface area contributed by atoms with Crippen LogP contribution in [-0.4, -0.2) is 6.54 Å². The van der Waals surface area contributed by atoms with E-state index in [-0.39, 0.29) is 6.10 Å². The number of anilines is 1. The maximum atomic E-state index is 5.95. The zero-order valence-corrected chi connectivity index (χ0v) is 11.0. The van der Waals surface area contributed by atoms with E-state index in [0.717, 1.165) is 28.6 Å². The van der Waals surface area contributed by atoms with Crippen molar-refractivity contribution in [1.82, 2.24) is 0 Å². The molecule has 2 aromatic rings. The Bertz CT molecular complexity index is 569. The fourth-order valence-electron chi connectivity index (χ4n) is 2.00. The van der Waals surface area contributed by atoms with Crippen LogP contribution in [0.3, 0.4) is 0 Å². The van der Waals surface area contributed by atoms with Crippen LogP contribution in [0.25, 0.3) is 0 Å². The van der Waals surface area contributed by atoms with E-state index in [0.29, 0.717) is 5.02 Å². The highest BCUT2D eigenvalue weighted by Gasteiger charge is 2.20. The maximum absolute atomic E-state index is 5.95. The number of halogens is 2. The zero-order chi connectivity index (χ0) is 12.5. The van der Waals surface area contributed by atoms with E-state index in [2.05, 4.69) is 5.32 Å². The molecule has 0 saturated carbocycles. The molecule has 2 aromatic carbocycles. The summed E-state index contributed by atoms with van der Waals surface area (Å²) in [7, 11) is 0. The lowest BCUT2D eigenvalue weighted by Gasteiger charge is -2.27. The Morgan fingerprint density at radius 2 is 1.72 bits per heavy atom. The second kappa shape index (κ2) is 4.71. The summed E-state index contributed by atoms with van der Waals surface area (Å²) >= 11 is 11.8. The Kier molecular flexibility index (Phi) is 3.06. The molecule has 1 aliphatic heterocycles. The van der Waals surface area contributed by atoms with Crippen LogP contribution in [0.5, 0.6) is 5.75 Å². The van der Waals surface area contributed by atoms with Crippen molar-refractivity contribution in [3.8, 4) is 5.75 Å². The minimum Gasteiger partial charge on any atom is -0.482 e. The van der Waals surface area contributed by atoms with E-state index in [9.17, 15) is 0 Å². The Morgan fingerprint density at radius 1 is 1.00 bits per heavy atom. The van der Waals surface area contributed by atoms with E-state index in [1.807, 2.05) is 42.5 Å². The van der Waals surface area contributed by atoms with Crippen LogP contribution < -0.4 is 10.1 Å². The average molecular weight is 280 g/mol. The van der Waals surface area contributed by atoms with Crippen LogP contribution in [0.2, 0.25) is 10.0 Å². The molecule has 0 bridgehead atoms. The molecule has 0 spiro atoms. The van der Waals surface area contributed by atoms with Gasteiger partial charge in [0.25, 0.3) is 0 Å². The lowest BCUT2D eigenvalue weighted by molar-refractivity contribution is 0.210. The molecule has 1 N–H and O–H groups in total. The van der Waals surface area contributed by atoms with E-state index < -0.39 is 0 Å². The summed E-state index contributed by atoms with van der Waals surface area (Å²) in [5.74, 6) is 0.825. The molecular weight excluding hydrogens is 269 g/mol. The lowest BCUT2D eigenvalue weighted by atomic mass is 10.1. The molecule has 3 rings (SSSR count). The summed E-state index contributed by atoms with van der Waals surface area (Å²) in [5, 5.41) is 4.76. The SMILES string of the molecule is Clc1ccc(C2CNc3cc(Cl)ccc3O2)cc1. The van der Waals surface area contributed by atoms with Crippen molar-refractivity contribution in [3.63, 3.8) is 0 Å². The first-order valence-electron chi connectivity index (χ1n) is 5.68. The third-order valence-corrected chi connectivity index (χ3v) is 3.42. The van der Waals surface area contributed by atoms with E-state index >= 15 is 0 Å². The molecule has 4 heteroatoms. The Labute approximate surface area is 115 Å². The molecule has 0 fully saturated rings. The van der Waals surface area contributed by atoms with Crippen molar-refractivity contribution < 1.29 is 4.74 Å². The average Bonchev–Trinajstić information content (AvgIpc) is 2.39. The molecule has 1 atom stereocenters. The minimum absolute atomic E-state index is 0.00376. The van der Waals surface area contributed by atoms with Gasteiger partial charge in [0.15, 0.2) is 0 Å². The van der Waals surface area contributed by atoms with Gasteiger partial charge in [-0.15, -0.1) is 0 Å². The maximum Gasteiger partial charge on any atom is 0.143 e. The van der Waals surface area contributed by atoms with Gasteiger partial charge in [-0.25, -0.2) is 0 Å². The van der Waals surface area contributed by atoms with Gasteiger partial charge in [-0.05, 0) is 35.9 Å². The third kappa shape index (κ3) is 2.26. The second-order valence-electron chi connectivity index (χ2n) is 4.18. The number of fused-ring (bicyclic) bond motifs is 1. The van der Waals surface area contributed by atoms with Crippen LogP contribution in [-0.2, 0) is 0 Å². The van der Waals surface area contributed by atoms with Crippen molar-refractivity contribution in [2.24, 2.45) is 0 Å². The van der Waals surface area contributed by atoms with Crippen LogP contribution in [0.15, 0.2) is 42.5 Å². The van der Waals surface area contributed by atoms with E-state index in [1.54, 1.807) is 0 Å². The molecule has 18 heavy (non-hydrogen) atoms. The Balaban J connectivity index is 1.86. The molecule has 0 saturated heterocycles. The number of hydrogen-bond donors (Lipinski definition) is 1. The summed E-state index contributed by atoms with van der Waals surface area (Å²) in [6, 6.07) is 13.3. The summed E-state index contributed by atoms with van der Waals surface area (Å²) < 4.78 is 5.95. The normalized spacial score (nSPS) is 17.6. The highest BCUT2D eigenvalue weighted by atomic mass is 35.5. The van der Waals surface area contributed by atoms with Crippen molar-refractivity contribution >= 4 is 28.9 Å². The molecule has 1 heterocycles. The number of ether oxygens (including phenoxy) is 1. The van der Waals surface area contributed by atoms with Gasteiger partial charge in [0.1, 0.15) is 11.9 Å². The fraction of sp³-hybridized carbons (Fsp3) is 0.143. The second-order valence-corrected chi connectivity index (χ2v) is 5.05. The molecule has 92 valence electrons. The Morgan fingerprint density at radius 3 is 2.50 bits per heavy atom. The van der Waals surface area contributed by atoms with E-state index in [4.69, 9.17) is 27.9 Å². The standard InChI is InChI=1S/C14H11Cl2NO/c15-10-3-1-9(2-4-10)14-8-17-12-7-11(16)5-6-13(12)18-14/h1-7,14,17H,8H2. The minimum atomic E-state index is -0.00376. The summed E-state index contributed by atoms with van der Waals surface area (Å²) in [6.45, 7) is 0.717. The summed E-state index contributed by atoms with van der Waals surface area (Å²) in [6.07, 6.45) is -0.00376. The molecule has 0 amide bonds. The third-order valence-electron chi connectivity index (χ3n) is 2.93. The van der Waals surface area contributed by atoms with Crippen LogP contribution >= 0.6 is 23.2 Å². The van der Waals surface area contributed by atoms with Gasteiger partial charge in [0.2, 0.25) is 0 Å². The molecule has 2 nitrogen and oxygen atoms in total. The number of hydrogen-bond acceptors (Lipinski definition) is 2. The van der Waals surface area contributed by atoms with Gasteiger partial charge in [0, 0.05) is 10.0 Å². The van der Waals surface area contributed by atoms with Crippen LogP contribution in [0, 0.1) is 0 Å². The highest BCUT2D eigenvalue weighted by molar-refractivity contribution is 6.31. The monoisotopic (exact) mass is 279 g/mol. The van der Waals surface area contributed by atoms with Gasteiger partial charge in [-0.3, -0.25) is 0 Å². The van der Waals surface area contributed by atoms with Crippen molar-refractivity contribution in [3.05, 3.63) is 58.1 Å². The lowest BCUT2D eigenvalue weighted by Crippen LogP contribution is -2.23. The first-order valence-corrected chi connectivity index (χ1v) is 6.43. The smallest absolute Gasteiger partial charge is 0.143 e. The number of rotatable bonds is 1. The predicted octanol–water partition coefficient (Wildman–Crippen LogP) is 4.54. The van der Waals surface area contributed by atoms with Gasteiger partial charge < -0.3 is 10.1 Å². The zero-order valence-electron chi connectivity index (χ0n) is 9.49. The van der Waals surface area contributed by atoms with Gasteiger partial charge in [-0.1, -0.05) is 35.3 Å². The molecule has 0 aromatic heterocycles. The Hall–Kier alpha value is -1.38. The molecule has 1 unspecified atom stereocenters. The van der Waals surface area contributed by atoms with Crippen molar-refractivity contribution in [2.45, 2.75) is 6.10 Å². The quantitative estimate of drug-likeness (QED) is 0.828. The number of benzene rings is 2. The van der Waals surface area contributed by atoms with E-state index in [1.165, 1.54) is 0 Å². The highest BCUT2D eigenvalue weighted by Crippen LogP contribution is 2.35. The fourth-order valence-corrected chi connectivity index (χ4v) is 2.30. The molecule has 1 aliphatic rings. The van der Waals surface area contributed by atoms with Crippen molar-refractivity contribution in [1.29, 1.82) is 0 Å².